The number of benzene rings is 1. The molecule has 1 unspecified atom stereocenters. The van der Waals surface area contributed by atoms with Crippen molar-refractivity contribution in [2.24, 2.45) is 5.10 Å². The highest BCUT2D eigenvalue weighted by Crippen LogP contribution is 2.35. The molecule has 0 radical (unpaired) electrons. The van der Waals surface area contributed by atoms with Crippen molar-refractivity contribution in [3.8, 4) is 0 Å². The number of hydrogen-bond acceptors (Lipinski definition) is 6. The van der Waals surface area contributed by atoms with Crippen molar-refractivity contribution in [2.75, 3.05) is 0 Å². The molecular formula is C21H14Cl2N4O3S. The molecule has 31 heavy (non-hydrogen) atoms. The molecule has 1 aromatic carbocycles. The van der Waals surface area contributed by atoms with E-state index in [1.807, 2.05) is 23.6 Å². The maximum absolute atomic E-state index is 13.2. The molecule has 1 aliphatic rings. The van der Waals surface area contributed by atoms with Gasteiger partial charge in [0, 0.05) is 16.3 Å². The highest BCUT2D eigenvalue weighted by Gasteiger charge is 2.34. The topological polar surface area (TPSA) is 80.7 Å². The van der Waals surface area contributed by atoms with E-state index in [0.717, 1.165) is 4.88 Å². The Balaban J connectivity index is 1.49. The van der Waals surface area contributed by atoms with Gasteiger partial charge < -0.3 is 4.42 Å². The van der Waals surface area contributed by atoms with Gasteiger partial charge >= 0.3 is 0 Å². The van der Waals surface area contributed by atoms with Crippen LogP contribution in [0.15, 0.2) is 68.7 Å². The summed E-state index contributed by atoms with van der Waals surface area (Å²) in [6, 6.07) is 10.2. The van der Waals surface area contributed by atoms with Gasteiger partial charge in [0.25, 0.3) is 11.5 Å². The fourth-order valence-corrected chi connectivity index (χ4v) is 4.91. The van der Waals surface area contributed by atoms with E-state index in [2.05, 4.69) is 10.1 Å². The smallest absolute Gasteiger partial charge is 0.263 e. The Labute approximate surface area is 190 Å². The molecular weight excluding hydrogens is 459 g/mol. The number of nitrogens with zero attached hydrogens (tertiary/aromatic N) is 4. The van der Waals surface area contributed by atoms with Crippen LogP contribution in [0.2, 0.25) is 10.0 Å². The molecule has 1 aliphatic heterocycles. The summed E-state index contributed by atoms with van der Waals surface area (Å²) < 4.78 is 6.70. The lowest BCUT2D eigenvalue weighted by Crippen LogP contribution is -2.33. The van der Waals surface area contributed by atoms with Gasteiger partial charge in [-0.25, -0.2) is 9.99 Å². The molecule has 1 amide bonds. The average molecular weight is 473 g/mol. The maximum Gasteiger partial charge on any atom is 0.263 e. The second-order valence-electron chi connectivity index (χ2n) is 6.96. The molecule has 0 bridgehead atoms. The Hall–Kier alpha value is -2.94. The van der Waals surface area contributed by atoms with Crippen LogP contribution in [0.1, 0.15) is 23.1 Å². The standard InChI is InChI=1S/C21H14Cl2N4O3S/c22-12-7-13-20(14(23)8-12)24-11-26(21(13)29)10-19(28)27-16(18-4-2-6-31-18)9-15(25-27)17-3-1-5-30-17/h1-8,11,16H,9-10H2. The molecule has 7 nitrogen and oxygen atoms in total. The zero-order chi connectivity index (χ0) is 21.5. The van der Waals surface area contributed by atoms with Gasteiger partial charge in [-0.05, 0) is 35.7 Å². The summed E-state index contributed by atoms with van der Waals surface area (Å²) in [7, 11) is 0. The lowest BCUT2D eigenvalue weighted by molar-refractivity contribution is -0.133. The number of halogens is 2. The predicted molar refractivity (Wildman–Crippen MR) is 120 cm³/mol. The van der Waals surface area contributed by atoms with E-state index in [4.69, 9.17) is 27.6 Å². The minimum absolute atomic E-state index is 0.220. The van der Waals surface area contributed by atoms with E-state index >= 15 is 0 Å². The van der Waals surface area contributed by atoms with Crippen LogP contribution in [0.5, 0.6) is 0 Å². The minimum atomic E-state index is -0.398. The van der Waals surface area contributed by atoms with Crippen LogP contribution < -0.4 is 5.56 Å². The van der Waals surface area contributed by atoms with Crippen molar-refractivity contribution in [1.82, 2.24) is 14.6 Å². The van der Waals surface area contributed by atoms with E-state index in [1.165, 1.54) is 28.0 Å². The zero-order valence-corrected chi connectivity index (χ0v) is 18.2. The number of rotatable bonds is 4. The third kappa shape index (κ3) is 3.67. The molecule has 0 N–H and O–H groups in total. The summed E-state index contributed by atoms with van der Waals surface area (Å²) in [6.07, 6.45) is 3.41. The molecule has 0 aliphatic carbocycles. The number of fused-ring (bicyclic) bond motifs is 1. The highest BCUT2D eigenvalue weighted by molar-refractivity contribution is 7.10. The van der Waals surface area contributed by atoms with Crippen molar-refractivity contribution in [3.05, 3.63) is 85.4 Å². The first-order valence-corrected chi connectivity index (χ1v) is 11.0. The van der Waals surface area contributed by atoms with E-state index in [0.29, 0.717) is 28.4 Å². The third-order valence-electron chi connectivity index (χ3n) is 4.99. The Morgan fingerprint density at radius 1 is 1.26 bits per heavy atom. The largest absolute Gasteiger partial charge is 0.463 e. The molecule has 156 valence electrons. The Kier molecular flexibility index (Phi) is 5.13. The number of hydrazone groups is 1. The van der Waals surface area contributed by atoms with E-state index < -0.39 is 5.56 Å². The number of aromatic nitrogens is 2. The van der Waals surface area contributed by atoms with Gasteiger partial charge in [0.2, 0.25) is 0 Å². The molecule has 0 spiro atoms. The Morgan fingerprint density at radius 3 is 2.87 bits per heavy atom. The second-order valence-corrected chi connectivity index (χ2v) is 8.78. The fraction of sp³-hybridized carbons (Fsp3) is 0.143. The number of carbonyl (C=O) groups is 1. The highest BCUT2D eigenvalue weighted by atomic mass is 35.5. The molecule has 10 heteroatoms. The molecule has 4 heterocycles. The van der Waals surface area contributed by atoms with E-state index in [9.17, 15) is 9.59 Å². The Morgan fingerprint density at radius 2 is 2.13 bits per heavy atom. The van der Waals surface area contributed by atoms with Gasteiger partial charge in [-0.2, -0.15) is 5.10 Å². The van der Waals surface area contributed by atoms with Gasteiger partial charge in [0.1, 0.15) is 18.0 Å². The number of amides is 1. The average Bonchev–Trinajstić information content (AvgIpc) is 3.50. The van der Waals surface area contributed by atoms with Crippen LogP contribution in [0.25, 0.3) is 10.9 Å². The SMILES string of the molecule is O=C(Cn1cnc2c(Cl)cc(Cl)cc2c1=O)N1N=C(c2ccco2)CC1c1cccs1. The molecule has 1 atom stereocenters. The van der Waals surface area contributed by atoms with Crippen LogP contribution in [-0.2, 0) is 11.3 Å². The van der Waals surface area contributed by atoms with Crippen LogP contribution in [0.4, 0.5) is 0 Å². The lowest BCUT2D eigenvalue weighted by Gasteiger charge is -2.21. The predicted octanol–water partition coefficient (Wildman–Crippen LogP) is 4.74. The van der Waals surface area contributed by atoms with Crippen LogP contribution in [0, 0.1) is 0 Å². The second kappa shape index (κ2) is 7.96. The summed E-state index contributed by atoms with van der Waals surface area (Å²) in [6.45, 7) is -0.220. The van der Waals surface area contributed by atoms with Crippen molar-refractivity contribution >= 4 is 57.1 Å². The molecule has 0 saturated carbocycles. The zero-order valence-electron chi connectivity index (χ0n) is 15.9. The van der Waals surface area contributed by atoms with Crippen molar-refractivity contribution in [1.29, 1.82) is 0 Å². The molecule has 5 rings (SSSR count). The summed E-state index contributed by atoms with van der Waals surface area (Å²) in [5, 5.41) is 8.75. The molecule has 3 aromatic heterocycles. The summed E-state index contributed by atoms with van der Waals surface area (Å²) >= 11 is 13.7. The molecule has 0 fully saturated rings. The quantitative estimate of drug-likeness (QED) is 0.429. The summed E-state index contributed by atoms with van der Waals surface area (Å²) in [4.78, 5) is 31.4. The number of carbonyl (C=O) groups excluding carboxylic acids is 1. The van der Waals surface area contributed by atoms with Gasteiger partial charge in [-0.15, -0.1) is 11.3 Å². The summed E-state index contributed by atoms with van der Waals surface area (Å²) in [5.41, 5.74) is 0.625. The van der Waals surface area contributed by atoms with Gasteiger partial charge in [-0.1, -0.05) is 29.3 Å². The van der Waals surface area contributed by atoms with Crippen LogP contribution in [0.3, 0.4) is 0 Å². The number of hydrogen-bond donors (Lipinski definition) is 0. The van der Waals surface area contributed by atoms with Gasteiger partial charge in [0.15, 0.2) is 0 Å². The molecule has 0 saturated heterocycles. The number of furan rings is 1. The van der Waals surface area contributed by atoms with Crippen molar-refractivity contribution < 1.29 is 9.21 Å². The minimum Gasteiger partial charge on any atom is -0.463 e. The van der Waals surface area contributed by atoms with Crippen molar-refractivity contribution in [3.63, 3.8) is 0 Å². The van der Waals surface area contributed by atoms with E-state index in [1.54, 1.807) is 23.7 Å². The first-order valence-electron chi connectivity index (χ1n) is 9.32. The fourth-order valence-electron chi connectivity index (χ4n) is 3.56. The molecule has 4 aromatic rings. The number of thiophene rings is 1. The first kappa shape index (κ1) is 20.0. The normalized spacial score (nSPS) is 16.1. The van der Waals surface area contributed by atoms with Crippen molar-refractivity contribution in [2.45, 2.75) is 19.0 Å². The maximum atomic E-state index is 13.2. The Bertz CT molecular complexity index is 1360. The van der Waals surface area contributed by atoms with Gasteiger partial charge in [0.05, 0.1) is 34.6 Å². The first-order chi connectivity index (χ1) is 15.0. The summed E-state index contributed by atoms with van der Waals surface area (Å²) in [5.74, 6) is 0.280. The monoisotopic (exact) mass is 472 g/mol. The third-order valence-corrected chi connectivity index (χ3v) is 6.47. The van der Waals surface area contributed by atoms with E-state index in [-0.39, 0.29) is 28.9 Å². The lowest BCUT2D eigenvalue weighted by atomic mass is 10.1. The van der Waals surface area contributed by atoms with Crippen LogP contribution in [-0.4, -0.2) is 26.2 Å². The van der Waals surface area contributed by atoms with Crippen LogP contribution >= 0.6 is 34.5 Å². The van der Waals surface area contributed by atoms with Gasteiger partial charge in [-0.3, -0.25) is 14.2 Å².